The number of hydrogen-bond acceptors (Lipinski definition) is 4. The van der Waals surface area contributed by atoms with Crippen LogP contribution in [0, 0.1) is 5.82 Å². The highest BCUT2D eigenvalue weighted by Crippen LogP contribution is 2.32. The lowest BCUT2D eigenvalue weighted by Gasteiger charge is -2.38. The summed E-state index contributed by atoms with van der Waals surface area (Å²) < 4.78 is 14.3. The molecule has 1 fully saturated rings. The van der Waals surface area contributed by atoms with Crippen molar-refractivity contribution in [3.63, 3.8) is 0 Å². The Balaban J connectivity index is 2.28. The van der Waals surface area contributed by atoms with Gasteiger partial charge in [-0.2, -0.15) is 11.8 Å². The van der Waals surface area contributed by atoms with Gasteiger partial charge in [-0.05, 0) is 20.3 Å². The molecular weight excluding hydrogens is 237 g/mol. The molecule has 0 bridgehead atoms. The van der Waals surface area contributed by atoms with Gasteiger partial charge in [0.25, 0.3) is 0 Å². The average molecular weight is 255 g/mol. The first kappa shape index (κ1) is 12.6. The number of hydrogen-bond donors (Lipinski definition) is 0. The molecule has 1 aromatic heterocycles. The molecule has 0 spiro atoms. The maximum Gasteiger partial charge on any atom is 0.187 e. The van der Waals surface area contributed by atoms with Gasteiger partial charge in [-0.1, -0.05) is 6.92 Å². The fourth-order valence-electron chi connectivity index (χ4n) is 2.06. The fourth-order valence-corrected chi connectivity index (χ4v) is 3.17. The van der Waals surface area contributed by atoms with Gasteiger partial charge in [0.1, 0.15) is 6.33 Å². The van der Waals surface area contributed by atoms with Gasteiger partial charge in [-0.3, -0.25) is 0 Å². The molecule has 0 N–H and O–H groups in total. The Morgan fingerprint density at radius 1 is 1.47 bits per heavy atom. The number of thioether (sulfide) groups is 1. The highest BCUT2D eigenvalue weighted by molar-refractivity contribution is 8.00. The first-order chi connectivity index (χ1) is 8.03. The highest BCUT2D eigenvalue weighted by Gasteiger charge is 2.29. The number of nitrogens with zero attached hydrogens (tertiary/aromatic N) is 3. The van der Waals surface area contributed by atoms with Gasteiger partial charge >= 0.3 is 0 Å². The van der Waals surface area contributed by atoms with E-state index in [0.717, 1.165) is 18.8 Å². The van der Waals surface area contributed by atoms with Crippen LogP contribution in [0.25, 0.3) is 0 Å². The lowest BCUT2D eigenvalue weighted by Crippen LogP contribution is -2.44. The summed E-state index contributed by atoms with van der Waals surface area (Å²) in [6, 6.07) is 0. The Labute approximate surface area is 106 Å². The molecule has 1 aromatic rings. The summed E-state index contributed by atoms with van der Waals surface area (Å²) in [5.74, 6) is 1.22. The number of rotatable bonds is 2. The van der Waals surface area contributed by atoms with Crippen LogP contribution in [-0.4, -0.2) is 33.6 Å². The average Bonchev–Trinajstić information content (AvgIpc) is 2.28. The van der Waals surface area contributed by atoms with E-state index in [-0.39, 0.29) is 10.6 Å². The van der Waals surface area contributed by atoms with Gasteiger partial charge in [0.15, 0.2) is 11.6 Å². The predicted molar refractivity (Wildman–Crippen MR) is 70.1 cm³/mol. The van der Waals surface area contributed by atoms with Crippen LogP contribution in [0.2, 0.25) is 0 Å². The van der Waals surface area contributed by atoms with Gasteiger partial charge in [-0.15, -0.1) is 0 Å². The molecule has 0 aliphatic carbocycles. The van der Waals surface area contributed by atoms with Crippen molar-refractivity contribution in [3.05, 3.63) is 17.8 Å². The monoisotopic (exact) mass is 255 g/mol. The summed E-state index contributed by atoms with van der Waals surface area (Å²) >= 11 is 1.93. The van der Waals surface area contributed by atoms with Crippen molar-refractivity contribution in [2.75, 3.05) is 23.7 Å². The van der Waals surface area contributed by atoms with Gasteiger partial charge in [-0.25, -0.2) is 14.4 Å². The van der Waals surface area contributed by atoms with E-state index in [1.54, 1.807) is 0 Å². The van der Waals surface area contributed by atoms with Gasteiger partial charge in [0.05, 0.1) is 5.69 Å². The Morgan fingerprint density at radius 3 is 2.88 bits per heavy atom. The third kappa shape index (κ3) is 2.70. The topological polar surface area (TPSA) is 29.0 Å². The second-order valence-corrected chi connectivity index (χ2v) is 6.64. The molecule has 0 amide bonds. The Bertz CT molecular complexity index is 409. The molecular formula is C12H18FN3S. The SMILES string of the molecule is CCc1ncnc(N2CCSC(C)(C)C2)c1F. The molecule has 0 aromatic carbocycles. The van der Waals surface area contributed by atoms with Gasteiger partial charge < -0.3 is 4.90 Å². The summed E-state index contributed by atoms with van der Waals surface area (Å²) in [4.78, 5) is 10.1. The van der Waals surface area contributed by atoms with E-state index in [1.807, 2.05) is 23.6 Å². The molecule has 3 nitrogen and oxygen atoms in total. The van der Waals surface area contributed by atoms with E-state index in [4.69, 9.17) is 0 Å². The van der Waals surface area contributed by atoms with Crippen molar-refractivity contribution in [1.29, 1.82) is 0 Å². The number of aromatic nitrogens is 2. The zero-order valence-corrected chi connectivity index (χ0v) is 11.4. The zero-order chi connectivity index (χ0) is 12.5. The maximum atomic E-state index is 14.1. The fraction of sp³-hybridized carbons (Fsp3) is 0.667. The minimum absolute atomic E-state index is 0.155. The normalized spacial score (nSPS) is 19.4. The Morgan fingerprint density at radius 2 is 2.24 bits per heavy atom. The predicted octanol–water partition coefficient (Wildman–Crippen LogP) is 2.51. The molecule has 2 heterocycles. The van der Waals surface area contributed by atoms with Crippen LogP contribution >= 0.6 is 11.8 Å². The van der Waals surface area contributed by atoms with E-state index in [0.29, 0.717) is 17.9 Å². The van der Waals surface area contributed by atoms with Gasteiger partial charge in [0.2, 0.25) is 0 Å². The summed E-state index contributed by atoms with van der Waals surface area (Å²) in [6.45, 7) is 7.96. The molecule has 0 unspecified atom stereocenters. The Hall–Kier alpha value is -0.840. The molecule has 1 saturated heterocycles. The standard InChI is InChI=1S/C12H18FN3S/c1-4-9-10(13)11(15-8-14-9)16-5-6-17-12(2,3)7-16/h8H,4-7H2,1-3H3. The lowest BCUT2D eigenvalue weighted by atomic mass is 10.2. The van der Waals surface area contributed by atoms with Crippen LogP contribution in [0.5, 0.6) is 0 Å². The van der Waals surface area contributed by atoms with E-state index in [9.17, 15) is 4.39 Å². The van der Waals surface area contributed by atoms with E-state index in [1.165, 1.54) is 6.33 Å². The number of anilines is 1. The molecule has 1 aliphatic rings. The minimum Gasteiger partial charge on any atom is -0.352 e. The highest BCUT2D eigenvalue weighted by atomic mass is 32.2. The van der Waals surface area contributed by atoms with Crippen molar-refractivity contribution >= 4 is 17.6 Å². The van der Waals surface area contributed by atoms with Crippen molar-refractivity contribution in [2.45, 2.75) is 31.9 Å². The van der Waals surface area contributed by atoms with E-state index in [2.05, 4.69) is 23.8 Å². The minimum atomic E-state index is -0.252. The first-order valence-electron chi connectivity index (χ1n) is 5.92. The zero-order valence-electron chi connectivity index (χ0n) is 10.5. The maximum absolute atomic E-state index is 14.1. The molecule has 17 heavy (non-hydrogen) atoms. The van der Waals surface area contributed by atoms with Crippen LogP contribution in [0.15, 0.2) is 6.33 Å². The molecule has 5 heteroatoms. The summed E-state index contributed by atoms with van der Waals surface area (Å²) in [6.07, 6.45) is 2.07. The van der Waals surface area contributed by atoms with E-state index >= 15 is 0 Å². The van der Waals surface area contributed by atoms with Crippen LogP contribution in [0.3, 0.4) is 0 Å². The smallest absolute Gasteiger partial charge is 0.187 e. The lowest BCUT2D eigenvalue weighted by molar-refractivity contribution is 0.569. The number of halogens is 1. The third-order valence-electron chi connectivity index (χ3n) is 2.90. The molecule has 0 saturated carbocycles. The van der Waals surface area contributed by atoms with Crippen molar-refractivity contribution in [1.82, 2.24) is 9.97 Å². The molecule has 2 rings (SSSR count). The quantitative estimate of drug-likeness (QED) is 0.812. The van der Waals surface area contributed by atoms with Crippen LogP contribution < -0.4 is 4.90 Å². The summed E-state index contributed by atoms with van der Waals surface area (Å²) in [5, 5.41) is 0. The van der Waals surface area contributed by atoms with Gasteiger partial charge in [0, 0.05) is 23.6 Å². The van der Waals surface area contributed by atoms with Crippen LogP contribution in [0.1, 0.15) is 26.5 Å². The molecule has 1 aliphatic heterocycles. The third-order valence-corrected chi connectivity index (χ3v) is 4.20. The second-order valence-electron chi connectivity index (χ2n) is 4.84. The summed E-state index contributed by atoms with van der Waals surface area (Å²) in [7, 11) is 0. The molecule has 0 radical (unpaired) electrons. The van der Waals surface area contributed by atoms with Crippen LogP contribution in [0.4, 0.5) is 10.2 Å². The van der Waals surface area contributed by atoms with Crippen LogP contribution in [-0.2, 0) is 6.42 Å². The first-order valence-corrected chi connectivity index (χ1v) is 6.90. The Kier molecular flexibility index (Phi) is 3.56. The summed E-state index contributed by atoms with van der Waals surface area (Å²) in [5.41, 5.74) is 0.506. The van der Waals surface area contributed by atoms with Crippen molar-refractivity contribution in [2.24, 2.45) is 0 Å². The largest absolute Gasteiger partial charge is 0.352 e. The second kappa shape index (κ2) is 4.80. The molecule has 94 valence electrons. The van der Waals surface area contributed by atoms with Crippen molar-refractivity contribution in [3.8, 4) is 0 Å². The molecule has 0 atom stereocenters. The van der Waals surface area contributed by atoms with Crippen molar-refractivity contribution < 1.29 is 4.39 Å². The number of aryl methyl sites for hydroxylation is 1. The van der Waals surface area contributed by atoms with E-state index < -0.39 is 0 Å².